The molecule has 0 radical (unpaired) electrons. The van der Waals surface area contributed by atoms with Crippen LogP contribution in [0.1, 0.15) is 6.23 Å². The van der Waals surface area contributed by atoms with Gasteiger partial charge in [0.15, 0.2) is 12.5 Å². The number of aliphatic hydroxyl groups is 3. The minimum atomic E-state index is -5.03. The van der Waals surface area contributed by atoms with E-state index in [-0.39, 0.29) is 11.0 Å². The molecular weight excluding hydrogens is 349 g/mol. The first-order chi connectivity index (χ1) is 11.2. The molecule has 1 aliphatic heterocycles. The van der Waals surface area contributed by atoms with Gasteiger partial charge in [-0.15, -0.1) is 0 Å². The lowest BCUT2D eigenvalue weighted by molar-refractivity contribution is -0.160. The first-order valence-electron chi connectivity index (χ1n) is 6.67. The second-order valence-corrected chi connectivity index (χ2v) is 6.34. The first-order valence-corrected chi connectivity index (χ1v) is 8.20. The van der Waals surface area contributed by atoms with Gasteiger partial charge in [0.1, 0.15) is 24.0 Å². The molecule has 132 valence electrons. The highest BCUT2D eigenvalue weighted by molar-refractivity contribution is 7.46. The van der Waals surface area contributed by atoms with Crippen LogP contribution >= 0.6 is 7.82 Å². The van der Waals surface area contributed by atoms with Crippen molar-refractivity contribution in [3.05, 3.63) is 28.9 Å². The largest absolute Gasteiger partial charge is 0.472 e. The summed E-state index contributed by atoms with van der Waals surface area (Å²) in [7, 11) is -5.03. The maximum atomic E-state index is 11.7. The number of rotatable bonds is 4. The molecular formula is C11H14N3O9P. The lowest BCUT2D eigenvalue weighted by Crippen LogP contribution is -2.39. The molecule has 1 saturated heterocycles. The third-order valence-electron chi connectivity index (χ3n) is 3.59. The number of fused-ring (bicyclic) bond motifs is 1. The maximum Gasteiger partial charge on any atom is 0.472 e. The Morgan fingerprint density at radius 2 is 2.08 bits per heavy atom. The smallest absolute Gasteiger partial charge is 0.387 e. The van der Waals surface area contributed by atoms with Gasteiger partial charge in [-0.1, -0.05) is 0 Å². The number of hydrogen-bond acceptors (Lipinski definition) is 8. The van der Waals surface area contributed by atoms with Crippen molar-refractivity contribution in [2.45, 2.75) is 30.8 Å². The van der Waals surface area contributed by atoms with Gasteiger partial charge in [0.05, 0.1) is 11.7 Å². The summed E-state index contributed by atoms with van der Waals surface area (Å²) in [6.45, 7) is 0. The van der Waals surface area contributed by atoms with E-state index in [4.69, 9.17) is 14.5 Å². The number of ether oxygens (including phenoxy) is 1. The van der Waals surface area contributed by atoms with Crippen LogP contribution in [0.5, 0.6) is 0 Å². The molecule has 2 aromatic heterocycles. The minimum absolute atomic E-state index is 0.154. The fourth-order valence-electron chi connectivity index (χ4n) is 2.54. The average molecular weight is 363 g/mol. The summed E-state index contributed by atoms with van der Waals surface area (Å²) in [4.78, 5) is 35.4. The zero-order valence-electron chi connectivity index (χ0n) is 11.8. The molecule has 0 aromatic carbocycles. The Labute approximate surface area is 133 Å². The summed E-state index contributed by atoms with van der Waals surface area (Å²) in [5.74, 6) is 0. The van der Waals surface area contributed by atoms with Gasteiger partial charge in [0.25, 0.3) is 5.56 Å². The van der Waals surface area contributed by atoms with Crippen LogP contribution in [0.25, 0.3) is 11.0 Å². The van der Waals surface area contributed by atoms with Crippen LogP contribution in [0.3, 0.4) is 0 Å². The molecule has 0 spiro atoms. The Morgan fingerprint density at radius 3 is 2.75 bits per heavy atom. The van der Waals surface area contributed by atoms with Crippen molar-refractivity contribution in [1.29, 1.82) is 0 Å². The van der Waals surface area contributed by atoms with Crippen LogP contribution in [-0.2, 0) is 13.8 Å². The summed E-state index contributed by atoms with van der Waals surface area (Å²) in [6, 6.07) is 1.42. The van der Waals surface area contributed by atoms with Crippen LogP contribution in [-0.4, -0.2) is 64.2 Å². The number of aromatic amines is 1. The molecule has 1 aliphatic rings. The topological polar surface area (TPSA) is 187 Å². The van der Waals surface area contributed by atoms with Crippen molar-refractivity contribution in [3.8, 4) is 0 Å². The van der Waals surface area contributed by atoms with Crippen LogP contribution in [0.4, 0.5) is 0 Å². The Hall–Kier alpha value is -1.63. The van der Waals surface area contributed by atoms with E-state index in [1.807, 2.05) is 0 Å². The van der Waals surface area contributed by atoms with Crippen LogP contribution in [0.15, 0.2) is 23.4 Å². The zero-order valence-corrected chi connectivity index (χ0v) is 12.7. The molecule has 5 atom stereocenters. The van der Waals surface area contributed by atoms with E-state index >= 15 is 0 Å². The molecule has 1 unspecified atom stereocenters. The highest BCUT2D eigenvalue weighted by atomic mass is 31.2. The van der Waals surface area contributed by atoms with Gasteiger partial charge in [-0.3, -0.25) is 9.32 Å². The molecule has 24 heavy (non-hydrogen) atoms. The fraction of sp³-hybridized carbons (Fsp3) is 0.455. The molecule has 1 fully saturated rings. The molecule has 2 aromatic rings. The van der Waals surface area contributed by atoms with E-state index in [1.165, 1.54) is 16.8 Å². The normalized spacial score (nSPS) is 29.2. The minimum Gasteiger partial charge on any atom is -0.387 e. The number of phosphoric acid groups is 1. The molecule has 0 saturated carbocycles. The zero-order chi connectivity index (χ0) is 17.6. The van der Waals surface area contributed by atoms with E-state index in [1.54, 1.807) is 0 Å². The van der Waals surface area contributed by atoms with Crippen LogP contribution in [0, 0.1) is 0 Å². The van der Waals surface area contributed by atoms with Gasteiger partial charge in [0.2, 0.25) is 0 Å². The molecule has 0 bridgehead atoms. The summed E-state index contributed by atoms with van der Waals surface area (Å²) in [5.41, 5.74) is -0.269. The molecule has 3 rings (SSSR count). The molecule has 13 heteroatoms. The summed E-state index contributed by atoms with van der Waals surface area (Å²) >= 11 is 0. The van der Waals surface area contributed by atoms with E-state index < -0.39 is 44.2 Å². The standard InChI is InChI=1S/C11H14N3O9P/c15-5-6(16)10(22-7(5)11(18)23-24(19,20)21)14-2-1-4-8(14)12-3-13-9(4)17/h1-3,5-7,10-11,15-16,18H,(H,12,13,17)(H2,19,20,21)/t5-,6-,7-,10+,11?/m0/s1. The van der Waals surface area contributed by atoms with E-state index in [0.29, 0.717) is 0 Å². The van der Waals surface area contributed by atoms with Crippen molar-refractivity contribution in [3.63, 3.8) is 0 Å². The maximum absolute atomic E-state index is 11.7. The number of aliphatic hydroxyl groups excluding tert-OH is 3. The fourth-order valence-corrected chi connectivity index (χ4v) is 2.94. The van der Waals surface area contributed by atoms with Gasteiger partial charge in [-0.2, -0.15) is 0 Å². The van der Waals surface area contributed by atoms with Gasteiger partial charge < -0.3 is 39.4 Å². The molecule has 0 amide bonds. The molecule has 3 heterocycles. The van der Waals surface area contributed by atoms with Crippen molar-refractivity contribution in [1.82, 2.24) is 14.5 Å². The third kappa shape index (κ3) is 3.01. The lowest BCUT2D eigenvalue weighted by Gasteiger charge is -2.21. The number of H-pyrrole nitrogens is 1. The number of nitrogens with one attached hydrogen (secondary N) is 1. The summed E-state index contributed by atoms with van der Waals surface area (Å²) in [6.07, 6.45) is -5.81. The molecule has 6 N–H and O–H groups in total. The quantitative estimate of drug-likeness (QED) is 0.256. The van der Waals surface area contributed by atoms with Crippen LogP contribution < -0.4 is 5.56 Å². The van der Waals surface area contributed by atoms with Gasteiger partial charge in [-0.05, 0) is 6.07 Å². The highest BCUT2D eigenvalue weighted by Crippen LogP contribution is 2.41. The van der Waals surface area contributed by atoms with Crippen molar-refractivity contribution in [2.75, 3.05) is 0 Å². The van der Waals surface area contributed by atoms with E-state index in [9.17, 15) is 24.7 Å². The van der Waals surface area contributed by atoms with E-state index in [2.05, 4.69) is 14.5 Å². The SMILES string of the molecule is O=c1[nH]cnc2c1ccn2[C@@H]1O[C@H](C(O)OP(=O)(O)O)[C@@H](O)[C@@H]1O. The molecule has 0 aliphatic carbocycles. The highest BCUT2D eigenvalue weighted by Gasteiger charge is 2.49. The van der Waals surface area contributed by atoms with Gasteiger partial charge in [-0.25, -0.2) is 9.55 Å². The Bertz CT molecular complexity index is 845. The summed E-state index contributed by atoms with van der Waals surface area (Å²) in [5, 5.41) is 29.9. The summed E-state index contributed by atoms with van der Waals surface area (Å²) < 4.78 is 21.4. The van der Waals surface area contributed by atoms with Crippen molar-refractivity contribution < 1.29 is 38.9 Å². The Morgan fingerprint density at radius 1 is 1.38 bits per heavy atom. The predicted molar refractivity (Wildman–Crippen MR) is 75.4 cm³/mol. The lowest BCUT2D eigenvalue weighted by atomic mass is 10.1. The van der Waals surface area contributed by atoms with Crippen LogP contribution in [0.2, 0.25) is 0 Å². The average Bonchev–Trinajstić information content (AvgIpc) is 3.01. The molecule has 12 nitrogen and oxygen atoms in total. The second kappa shape index (κ2) is 6.02. The van der Waals surface area contributed by atoms with Crippen molar-refractivity contribution in [2.24, 2.45) is 0 Å². The van der Waals surface area contributed by atoms with Crippen molar-refractivity contribution >= 4 is 18.9 Å². The van der Waals surface area contributed by atoms with Gasteiger partial charge in [0, 0.05) is 6.20 Å². The van der Waals surface area contributed by atoms with Gasteiger partial charge >= 0.3 is 7.82 Å². The first kappa shape index (κ1) is 17.2. The monoisotopic (exact) mass is 363 g/mol. The Kier molecular flexibility index (Phi) is 4.32. The van der Waals surface area contributed by atoms with E-state index in [0.717, 1.165) is 6.33 Å². The number of aromatic nitrogens is 3. The number of phosphoric ester groups is 1. The number of hydrogen-bond donors (Lipinski definition) is 6. The third-order valence-corrected chi connectivity index (χ3v) is 4.08. The predicted octanol–water partition coefficient (Wildman–Crippen LogP) is -2.23. The number of nitrogens with zero attached hydrogens (tertiary/aromatic N) is 2. The second-order valence-electron chi connectivity index (χ2n) is 5.15. The Balaban J connectivity index is 1.91.